The second-order valence-corrected chi connectivity index (χ2v) is 5.76. The van der Waals surface area contributed by atoms with Crippen molar-refractivity contribution in [2.24, 2.45) is 0 Å². The van der Waals surface area contributed by atoms with Crippen molar-refractivity contribution in [3.8, 4) is 5.69 Å². The minimum Gasteiger partial charge on any atom is -0.355 e. The van der Waals surface area contributed by atoms with E-state index >= 15 is 0 Å². The van der Waals surface area contributed by atoms with E-state index in [4.69, 9.17) is 0 Å². The molecule has 2 amide bonds. The number of carbonyl (C=O) groups excluding carboxylic acids is 2. The van der Waals surface area contributed by atoms with Gasteiger partial charge in [0, 0.05) is 30.7 Å². The Bertz CT molecular complexity index is 919. The molecule has 26 heavy (non-hydrogen) atoms. The minimum absolute atomic E-state index is 0.157. The van der Waals surface area contributed by atoms with Crippen LogP contribution in [0.3, 0.4) is 0 Å². The zero-order valence-corrected chi connectivity index (χ0v) is 14.2. The first kappa shape index (κ1) is 17.4. The van der Waals surface area contributed by atoms with Crippen molar-refractivity contribution in [1.82, 2.24) is 9.88 Å². The van der Waals surface area contributed by atoms with Gasteiger partial charge in [-0.1, -0.05) is 12.1 Å². The highest BCUT2D eigenvalue weighted by Crippen LogP contribution is 2.19. The lowest BCUT2D eigenvalue weighted by atomic mass is 10.1. The molecule has 1 aromatic heterocycles. The van der Waals surface area contributed by atoms with Crippen molar-refractivity contribution >= 4 is 17.5 Å². The smallest absolute Gasteiger partial charge is 0.251 e. The molecule has 0 bridgehead atoms. The normalized spacial score (nSPS) is 10.4. The zero-order valence-electron chi connectivity index (χ0n) is 14.2. The highest BCUT2D eigenvalue weighted by atomic mass is 19.1. The molecular formula is C20H18FN3O2. The standard InChI is InChI=1S/C20H18FN3O2/c1-22-20(26)15-6-4-14(5-7-15)12-19(25)23-16-8-9-17(21)18(13-16)24-10-2-3-11-24/h2-11,13H,12H2,1H3,(H,22,26)(H,23,25). The van der Waals surface area contributed by atoms with Crippen molar-refractivity contribution < 1.29 is 14.0 Å². The highest BCUT2D eigenvalue weighted by molar-refractivity contribution is 5.95. The van der Waals surface area contributed by atoms with Crippen molar-refractivity contribution in [3.63, 3.8) is 0 Å². The van der Waals surface area contributed by atoms with E-state index in [-0.39, 0.29) is 24.1 Å². The number of aromatic nitrogens is 1. The number of carbonyl (C=O) groups is 2. The van der Waals surface area contributed by atoms with Gasteiger partial charge in [0.2, 0.25) is 5.91 Å². The third kappa shape index (κ3) is 3.97. The van der Waals surface area contributed by atoms with E-state index in [0.717, 1.165) is 5.56 Å². The first-order valence-electron chi connectivity index (χ1n) is 8.10. The summed E-state index contributed by atoms with van der Waals surface area (Å²) in [5.41, 5.74) is 2.19. The molecule has 6 heteroatoms. The molecule has 2 aromatic carbocycles. The van der Waals surface area contributed by atoms with E-state index in [9.17, 15) is 14.0 Å². The Labute approximate surface area is 150 Å². The molecule has 3 aromatic rings. The van der Waals surface area contributed by atoms with Crippen LogP contribution in [-0.2, 0) is 11.2 Å². The molecule has 0 aliphatic rings. The number of hydrogen-bond acceptors (Lipinski definition) is 2. The lowest BCUT2D eigenvalue weighted by molar-refractivity contribution is -0.115. The maximum Gasteiger partial charge on any atom is 0.251 e. The van der Waals surface area contributed by atoms with Crippen LogP contribution in [0.1, 0.15) is 15.9 Å². The number of benzene rings is 2. The molecule has 0 aliphatic carbocycles. The van der Waals surface area contributed by atoms with Crippen LogP contribution in [0.4, 0.5) is 10.1 Å². The van der Waals surface area contributed by atoms with Gasteiger partial charge in [0.05, 0.1) is 12.1 Å². The van der Waals surface area contributed by atoms with E-state index in [1.165, 1.54) is 12.1 Å². The number of nitrogens with one attached hydrogen (secondary N) is 2. The summed E-state index contributed by atoms with van der Waals surface area (Å²) in [4.78, 5) is 23.8. The molecule has 1 heterocycles. The summed E-state index contributed by atoms with van der Waals surface area (Å²) in [6.45, 7) is 0. The Morgan fingerprint density at radius 1 is 1.04 bits per heavy atom. The number of nitrogens with zero attached hydrogens (tertiary/aromatic N) is 1. The molecule has 3 rings (SSSR count). The van der Waals surface area contributed by atoms with Crippen molar-refractivity contribution in [1.29, 1.82) is 0 Å². The first-order chi connectivity index (χ1) is 12.6. The molecule has 0 saturated heterocycles. The predicted molar refractivity (Wildman–Crippen MR) is 97.9 cm³/mol. The van der Waals surface area contributed by atoms with Gasteiger partial charge in [-0.2, -0.15) is 0 Å². The van der Waals surface area contributed by atoms with Gasteiger partial charge in [0.15, 0.2) is 0 Å². The molecule has 2 N–H and O–H groups in total. The summed E-state index contributed by atoms with van der Waals surface area (Å²) in [7, 11) is 1.56. The molecule has 0 radical (unpaired) electrons. The third-order valence-electron chi connectivity index (χ3n) is 3.92. The number of rotatable bonds is 5. The van der Waals surface area contributed by atoms with Crippen LogP contribution in [0.25, 0.3) is 5.69 Å². The average molecular weight is 351 g/mol. The van der Waals surface area contributed by atoms with Crippen molar-refractivity contribution in [2.45, 2.75) is 6.42 Å². The van der Waals surface area contributed by atoms with E-state index in [0.29, 0.717) is 16.9 Å². The first-order valence-corrected chi connectivity index (χ1v) is 8.10. The van der Waals surface area contributed by atoms with Crippen LogP contribution in [0.15, 0.2) is 67.0 Å². The summed E-state index contributed by atoms with van der Waals surface area (Å²) in [5, 5.41) is 5.31. The van der Waals surface area contributed by atoms with Crippen molar-refractivity contribution in [2.75, 3.05) is 12.4 Å². The molecule has 0 spiro atoms. The maximum atomic E-state index is 14.0. The second-order valence-electron chi connectivity index (χ2n) is 5.76. The quantitative estimate of drug-likeness (QED) is 0.742. The fourth-order valence-corrected chi connectivity index (χ4v) is 2.59. The molecular weight excluding hydrogens is 333 g/mol. The largest absolute Gasteiger partial charge is 0.355 e. The van der Waals surface area contributed by atoms with Crippen LogP contribution in [0.5, 0.6) is 0 Å². The number of amides is 2. The monoisotopic (exact) mass is 351 g/mol. The van der Waals surface area contributed by atoms with Gasteiger partial charge in [-0.25, -0.2) is 4.39 Å². The summed E-state index contributed by atoms with van der Waals surface area (Å²) in [5.74, 6) is -0.767. The Morgan fingerprint density at radius 3 is 2.38 bits per heavy atom. The molecule has 0 unspecified atom stereocenters. The minimum atomic E-state index is -0.371. The maximum absolute atomic E-state index is 14.0. The van der Waals surface area contributed by atoms with Gasteiger partial charge in [-0.15, -0.1) is 0 Å². The van der Waals surface area contributed by atoms with Crippen molar-refractivity contribution in [3.05, 3.63) is 83.9 Å². The van der Waals surface area contributed by atoms with E-state index in [1.54, 1.807) is 66.5 Å². The number of halogens is 1. The summed E-state index contributed by atoms with van der Waals surface area (Å²) < 4.78 is 15.6. The number of hydrogen-bond donors (Lipinski definition) is 2. The van der Waals surface area contributed by atoms with Crippen LogP contribution in [0.2, 0.25) is 0 Å². The lowest BCUT2D eigenvalue weighted by Gasteiger charge is -2.10. The van der Waals surface area contributed by atoms with Gasteiger partial charge in [-0.3, -0.25) is 9.59 Å². The lowest BCUT2D eigenvalue weighted by Crippen LogP contribution is -2.18. The van der Waals surface area contributed by atoms with Crippen LogP contribution >= 0.6 is 0 Å². The fraction of sp³-hybridized carbons (Fsp3) is 0.100. The van der Waals surface area contributed by atoms with E-state index < -0.39 is 0 Å². The van der Waals surface area contributed by atoms with Crippen LogP contribution < -0.4 is 10.6 Å². The SMILES string of the molecule is CNC(=O)c1ccc(CC(=O)Nc2ccc(F)c(-n3cccc3)c2)cc1. The Kier molecular flexibility index (Phi) is 5.12. The predicted octanol–water partition coefficient (Wildman–Crippen LogP) is 3.16. The molecule has 5 nitrogen and oxygen atoms in total. The van der Waals surface area contributed by atoms with Gasteiger partial charge < -0.3 is 15.2 Å². The topological polar surface area (TPSA) is 63.1 Å². The summed E-state index contributed by atoms with van der Waals surface area (Å²) in [6, 6.07) is 14.8. The van der Waals surface area contributed by atoms with E-state index in [1.807, 2.05) is 0 Å². The van der Waals surface area contributed by atoms with E-state index in [2.05, 4.69) is 10.6 Å². The molecule has 0 aliphatic heterocycles. The Hall–Kier alpha value is -3.41. The fourth-order valence-electron chi connectivity index (χ4n) is 2.59. The third-order valence-corrected chi connectivity index (χ3v) is 3.92. The van der Waals surface area contributed by atoms with Crippen LogP contribution in [-0.4, -0.2) is 23.4 Å². The van der Waals surface area contributed by atoms with Gasteiger partial charge >= 0.3 is 0 Å². The molecule has 0 atom stereocenters. The second kappa shape index (κ2) is 7.65. The van der Waals surface area contributed by atoms with Crippen LogP contribution in [0, 0.1) is 5.82 Å². The number of anilines is 1. The molecule has 0 saturated carbocycles. The molecule has 0 fully saturated rings. The van der Waals surface area contributed by atoms with Gasteiger partial charge in [0.1, 0.15) is 5.82 Å². The van der Waals surface area contributed by atoms with Gasteiger partial charge in [-0.05, 0) is 48.0 Å². The Balaban J connectivity index is 1.68. The Morgan fingerprint density at radius 2 is 1.73 bits per heavy atom. The summed E-state index contributed by atoms with van der Waals surface area (Å²) in [6.07, 6.45) is 3.63. The zero-order chi connectivity index (χ0) is 18.5. The summed E-state index contributed by atoms with van der Waals surface area (Å²) >= 11 is 0. The molecule has 132 valence electrons. The highest BCUT2D eigenvalue weighted by Gasteiger charge is 2.09. The van der Waals surface area contributed by atoms with Gasteiger partial charge in [0.25, 0.3) is 5.91 Å². The average Bonchev–Trinajstić information content (AvgIpc) is 3.17.